The molecule has 9 heteroatoms. The number of aliphatic hydroxyl groups is 1. The Morgan fingerprint density at radius 3 is 2.52 bits per heavy atom. The summed E-state index contributed by atoms with van der Waals surface area (Å²) < 4.78 is 6.83. The van der Waals surface area contributed by atoms with Crippen molar-refractivity contribution in [2.45, 2.75) is 39.3 Å². The third kappa shape index (κ3) is 4.68. The van der Waals surface area contributed by atoms with Gasteiger partial charge >= 0.3 is 5.97 Å². The van der Waals surface area contributed by atoms with Crippen molar-refractivity contribution in [3.05, 3.63) is 71.3 Å². The van der Waals surface area contributed by atoms with Crippen LogP contribution in [0.4, 0.5) is 0 Å². The van der Waals surface area contributed by atoms with Gasteiger partial charge in [-0.2, -0.15) is 5.21 Å². The Hall–Kier alpha value is -3.85. The number of carbonyl (C=O) groups excluding carboxylic acids is 1. The summed E-state index contributed by atoms with van der Waals surface area (Å²) in [4.78, 5) is 17.0. The molecule has 2 heterocycles. The lowest BCUT2D eigenvalue weighted by Crippen LogP contribution is -2.15. The third-order valence-corrected chi connectivity index (χ3v) is 5.52. The van der Waals surface area contributed by atoms with Crippen LogP contribution in [0, 0.1) is 0 Å². The highest BCUT2D eigenvalue weighted by atomic mass is 16.5. The van der Waals surface area contributed by atoms with Crippen LogP contribution in [-0.4, -0.2) is 48.4 Å². The minimum Gasteiger partial charge on any atom is -0.464 e. The molecule has 0 saturated carbocycles. The molecule has 33 heavy (non-hydrogen) atoms. The normalized spacial score (nSPS) is 11.0. The fourth-order valence-electron chi connectivity index (χ4n) is 3.86. The number of aryl methyl sites for hydroxylation is 1. The molecule has 0 saturated heterocycles. The van der Waals surface area contributed by atoms with E-state index in [1.54, 1.807) is 0 Å². The highest BCUT2D eigenvalue weighted by molar-refractivity contribution is 5.89. The maximum Gasteiger partial charge on any atom is 0.356 e. The van der Waals surface area contributed by atoms with Crippen LogP contribution >= 0.6 is 0 Å². The Kier molecular flexibility index (Phi) is 6.89. The van der Waals surface area contributed by atoms with Gasteiger partial charge in [-0.25, -0.2) is 9.78 Å². The summed E-state index contributed by atoms with van der Waals surface area (Å²) in [7, 11) is 1.34. The van der Waals surface area contributed by atoms with E-state index < -0.39 is 5.97 Å². The summed E-state index contributed by atoms with van der Waals surface area (Å²) in [5.41, 5.74) is 4.54. The van der Waals surface area contributed by atoms with E-state index in [1.807, 2.05) is 53.1 Å². The first-order chi connectivity index (χ1) is 16.2. The number of H-pyrrole nitrogens is 1. The summed E-state index contributed by atoms with van der Waals surface area (Å²) in [5.74, 6) is 0.806. The Labute approximate surface area is 191 Å². The predicted octanol–water partition coefficient (Wildman–Crippen LogP) is 3.40. The lowest BCUT2D eigenvalue weighted by molar-refractivity contribution is 0.0584. The minimum atomic E-state index is -0.500. The molecule has 0 aliphatic rings. The molecule has 0 radical (unpaired) electrons. The number of rotatable bonds is 9. The number of esters is 1. The van der Waals surface area contributed by atoms with Crippen molar-refractivity contribution in [3.63, 3.8) is 0 Å². The van der Waals surface area contributed by atoms with Crippen molar-refractivity contribution >= 4 is 5.97 Å². The van der Waals surface area contributed by atoms with Gasteiger partial charge in [0.25, 0.3) is 0 Å². The number of aromatic amines is 1. The number of ether oxygens (including phenoxy) is 1. The number of methoxy groups -OCH3 is 1. The Balaban J connectivity index is 1.67. The molecule has 170 valence electrons. The van der Waals surface area contributed by atoms with Crippen molar-refractivity contribution in [2.24, 2.45) is 0 Å². The van der Waals surface area contributed by atoms with Gasteiger partial charge in [-0.1, -0.05) is 61.9 Å². The van der Waals surface area contributed by atoms with Gasteiger partial charge < -0.3 is 14.4 Å². The summed E-state index contributed by atoms with van der Waals surface area (Å²) in [6, 6.07) is 16.0. The second-order valence-electron chi connectivity index (χ2n) is 7.64. The first kappa shape index (κ1) is 22.3. The van der Waals surface area contributed by atoms with E-state index in [9.17, 15) is 9.90 Å². The lowest BCUT2D eigenvalue weighted by atomic mass is 9.98. The Morgan fingerprint density at radius 2 is 1.88 bits per heavy atom. The van der Waals surface area contributed by atoms with Crippen LogP contribution in [0.3, 0.4) is 0 Å². The molecule has 0 aliphatic carbocycles. The van der Waals surface area contributed by atoms with Crippen LogP contribution in [0.2, 0.25) is 0 Å². The molecule has 0 fully saturated rings. The average Bonchev–Trinajstić information content (AvgIpc) is 3.51. The number of aliphatic hydroxyl groups excluding tert-OH is 1. The van der Waals surface area contributed by atoms with E-state index in [0.717, 1.165) is 47.3 Å². The maximum atomic E-state index is 12.5. The van der Waals surface area contributed by atoms with Crippen molar-refractivity contribution in [1.82, 2.24) is 30.2 Å². The highest BCUT2D eigenvalue weighted by Crippen LogP contribution is 2.30. The average molecular weight is 447 g/mol. The number of hydrogen-bond donors (Lipinski definition) is 2. The number of unbranched alkanes of at least 4 members (excludes halogenated alkanes) is 1. The van der Waals surface area contributed by atoms with E-state index in [1.165, 1.54) is 7.11 Å². The molecule has 0 bridgehead atoms. The van der Waals surface area contributed by atoms with Crippen molar-refractivity contribution in [3.8, 4) is 22.5 Å². The van der Waals surface area contributed by atoms with Gasteiger partial charge in [-0.15, -0.1) is 10.2 Å². The van der Waals surface area contributed by atoms with Gasteiger partial charge in [-0.05, 0) is 28.3 Å². The number of carbonyl (C=O) groups is 1. The minimum absolute atomic E-state index is 0.303. The van der Waals surface area contributed by atoms with Crippen molar-refractivity contribution < 1.29 is 14.6 Å². The number of imidazole rings is 1. The van der Waals surface area contributed by atoms with Crippen LogP contribution in [-0.2, 0) is 24.3 Å². The lowest BCUT2D eigenvalue weighted by Gasteiger charge is -2.13. The highest BCUT2D eigenvalue weighted by Gasteiger charge is 2.23. The number of benzene rings is 2. The molecule has 0 unspecified atom stereocenters. The van der Waals surface area contributed by atoms with Gasteiger partial charge in [0.1, 0.15) is 5.82 Å². The molecule has 0 spiro atoms. The standard InChI is InChI=1S/C24H26N6O3/c1-3-4-9-21-25-20(15-31)22(24(32)33-2)30(21)14-16-10-12-17(13-11-16)18-7-5-6-8-19(18)23-26-28-29-27-23/h5-8,10-13,31H,3-4,9,14-15H2,1-2H3,(H,26,27,28,29). The molecule has 4 rings (SSSR count). The SMILES string of the molecule is CCCCc1nc(CO)c(C(=O)OC)n1Cc1ccc(-c2ccccc2-c2nn[nH]n2)cc1. The van der Waals surface area contributed by atoms with Gasteiger partial charge in [0.15, 0.2) is 5.69 Å². The fraction of sp³-hybridized carbons (Fsp3) is 0.292. The fourth-order valence-corrected chi connectivity index (χ4v) is 3.86. The van der Waals surface area contributed by atoms with Gasteiger partial charge in [0.2, 0.25) is 5.82 Å². The molecule has 2 N–H and O–H groups in total. The zero-order valence-electron chi connectivity index (χ0n) is 18.7. The number of hydrogen-bond acceptors (Lipinski definition) is 7. The van der Waals surface area contributed by atoms with Crippen LogP contribution < -0.4 is 0 Å². The van der Waals surface area contributed by atoms with E-state index in [2.05, 4.69) is 32.5 Å². The number of tetrazole rings is 1. The topological polar surface area (TPSA) is 119 Å². The Morgan fingerprint density at radius 1 is 1.12 bits per heavy atom. The largest absolute Gasteiger partial charge is 0.464 e. The number of nitrogens with one attached hydrogen (secondary N) is 1. The molecule has 9 nitrogen and oxygen atoms in total. The summed E-state index contributed by atoms with van der Waals surface area (Å²) in [6.45, 7) is 2.23. The van der Waals surface area contributed by atoms with Gasteiger partial charge in [0, 0.05) is 18.5 Å². The maximum absolute atomic E-state index is 12.5. The van der Waals surface area contributed by atoms with E-state index in [-0.39, 0.29) is 6.61 Å². The monoisotopic (exact) mass is 446 g/mol. The van der Waals surface area contributed by atoms with Gasteiger partial charge in [-0.3, -0.25) is 0 Å². The first-order valence-corrected chi connectivity index (χ1v) is 10.9. The van der Waals surface area contributed by atoms with Crippen LogP contribution in [0.25, 0.3) is 22.5 Å². The molecule has 4 aromatic rings. The van der Waals surface area contributed by atoms with Crippen LogP contribution in [0.1, 0.15) is 47.3 Å². The third-order valence-electron chi connectivity index (χ3n) is 5.52. The van der Waals surface area contributed by atoms with Crippen molar-refractivity contribution in [1.29, 1.82) is 0 Å². The molecule has 0 amide bonds. The smallest absolute Gasteiger partial charge is 0.356 e. The second kappa shape index (κ2) is 10.2. The number of nitrogens with zero attached hydrogens (tertiary/aromatic N) is 5. The summed E-state index contributed by atoms with van der Waals surface area (Å²) >= 11 is 0. The summed E-state index contributed by atoms with van der Waals surface area (Å²) in [6.07, 6.45) is 2.66. The van der Waals surface area contributed by atoms with Crippen molar-refractivity contribution in [2.75, 3.05) is 7.11 Å². The molecule has 0 atom stereocenters. The van der Waals surface area contributed by atoms with E-state index >= 15 is 0 Å². The zero-order chi connectivity index (χ0) is 23.2. The molecule has 2 aromatic heterocycles. The van der Waals surface area contributed by atoms with E-state index in [4.69, 9.17) is 4.74 Å². The predicted molar refractivity (Wildman–Crippen MR) is 122 cm³/mol. The molecule has 2 aromatic carbocycles. The van der Waals surface area contributed by atoms with Crippen LogP contribution in [0.15, 0.2) is 48.5 Å². The Bertz CT molecular complexity index is 1220. The molecular weight excluding hydrogens is 420 g/mol. The summed E-state index contributed by atoms with van der Waals surface area (Å²) in [5, 5.41) is 24.1. The molecular formula is C24H26N6O3. The van der Waals surface area contributed by atoms with Crippen LogP contribution in [0.5, 0.6) is 0 Å². The quantitative estimate of drug-likeness (QED) is 0.378. The number of aromatic nitrogens is 6. The van der Waals surface area contributed by atoms with Gasteiger partial charge in [0.05, 0.1) is 19.4 Å². The first-order valence-electron chi connectivity index (χ1n) is 10.9. The van der Waals surface area contributed by atoms with E-state index in [0.29, 0.717) is 23.8 Å². The molecule has 0 aliphatic heterocycles. The second-order valence-corrected chi connectivity index (χ2v) is 7.64. The zero-order valence-corrected chi connectivity index (χ0v) is 18.7.